The van der Waals surface area contributed by atoms with Gasteiger partial charge in [-0.1, -0.05) is 18.2 Å². The SMILES string of the molecule is CC(C)n1c(=O)c(-c2ccc(NS(=O)(=O)c3ccccc3)nc2)cc2cnc(N[C@H]3CC[C@H](N(C)CCF)CC3)nc21. The number of fused-ring (bicyclic) bond motifs is 1. The van der Waals surface area contributed by atoms with E-state index in [9.17, 15) is 17.6 Å². The Bertz CT molecular complexity index is 1690. The van der Waals surface area contributed by atoms with E-state index < -0.39 is 10.0 Å². The number of hydrogen-bond acceptors (Lipinski definition) is 8. The van der Waals surface area contributed by atoms with Gasteiger partial charge in [0.15, 0.2) is 0 Å². The summed E-state index contributed by atoms with van der Waals surface area (Å²) in [7, 11) is -1.81. The van der Waals surface area contributed by atoms with Gasteiger partial charge in [0.25, 0.3) is 15.6 Å². The van der Waals surface area contributed by atoms with Crippen molar-refractivity contribution in [3.63, 3.8) is 0 Å². The molecule has 0 bridgehead atoms. The van der Waals surface area contributed by atoms with Crippen LogP contribution < -0.4 is 15.6 Å². The van der Waals surface area contributed by atoms with Crippen LogP contribution in [0.2, 0.25) is 0 Å². The number of nitrogens with zero attached hydrogens (tertiary/aromatic N) is 5. The third kappa shape index (κ3) is 6.44. The van der Waals surface area contributed by atoms with Crippen molar-refractivity contribution in [3.05, 3.63) is 71.3 Å². The van der Waals surface area contributed by atoms with E-state index in [1.54, 1.807) is 41.1 Å². The van der Waals surface area contributed by atoms with Crippen LogP contribution in [0.15, 0.2) is 70.6 Å². The smallest absolute Gasteiger partial charge is 0.263 e. The summed E-state index contributed by atoms with van der Waals surface area (Å²) in [6.45, 7) is 3.97. The van der Waals surface area contributed by atoms with Gasteiger partial charge in [-0.25, -0.2) is 22.8 Å². The third-order valence-corrected chi connectivity index (χ3v) is 9.12. The zero-order chi connectivity index (χ0) is 29.9. The highest BCUT2D eigenvalue weighted by atomic mass is 32.2. The highest BCUT2D eigenvalue weighted by molar-refractivity contribution is 7.92. The standard InChI is InChI=1S/C30H36FN7O3S/c1-20(2)38-28-22(19-33-30(35-28)34-23-10-12-24(13-11-23)37(3)16-15-31)17-26(29(38)39)21-9-14-27(32-18-21)36-42(40,41)25-7-5-4-6-8-25/h4-9,14,17-20,23-24H,10-13,15-16H2,1-3H3,(H,32,36)(H,33,34,35)/t23-,24-. The van der Waals surface area contributed by atoms with E-state index >= 15 is 0 Å². The maximum atomic E-state index is 13.7. The fourth-order valence-electron chi connectivity index (χ4n) is 5.44. The highest BCUT2D eigenvalue weighted by Crippen LogP contribution is 2.27. The van der Waals surface area contributed by atoms with Crippen LogP contribution in [0.1, 0.15) is 45.6 Å². The molecule has 1 aromatic carbocycles. The van der Waals surface area contributed by atoms with Crippen LogP contribution in [0.4, 0.5) is 16.2 Å². The summed E-state index contributed by atoms with van der Waals surface area (Å²) >= 11 is 0. The maximum Gasteiger partial charge on any atom is 0.263 e. The van der Waals surface area contributed by atoms with Gasteiger partial charge in [0.1, 0.15) is 18.1 Å². The van der Waals surface area contributed by atoms with E-state index in [0.29, 0.717) is 40.7 Å². The molecule has 42 heavy (non-hydrogen) atoms. The van der Waals surface area contributed by atoms with Gasteiger partial charge in [-0.15, -0.1) is 0 Å². The monoisotopic (exact) mass is 593 g/mol. The van der Waals surface area contributed by atoms with Crippen LogP contribution >= 0.6 is 0 Å². The van der Waals surface area contributed by atoms with Gasteiger partial charge in [-0.3, -0.25) is 14.1 Å². The molecule has 1 aliphatic carbocycles. The van der Waals surface area contributed by atoms with Gasteiger partial charge in [0.05, 0.1) is 4.90 Å². The molecule has 0 unspecified atom stereocenters. The minimum absolute atomic E-state index is 0.132. The molecular formula is C30H36FN7O3S. The molecule has 0 radical (unpaired) electrons. The highest BCUT2D eigenvalue weighted by Gasteiger charge is 2.25. The summed E-state index contributed by atoms with van der Waals surface area (Å²) in [6.07, 6.45) is 7.01. The summed E-state index contributed by atoms with van der Waals surface area (Å²) in [5, 5.41) is 4.14. The number of halogens is 1. The summed E-state index contributed by atoms with van der Waals surface area (Å²) in [5.74, 6) is 0.621. The molecule has 0 aliphatic heterocycles. The van der Waals surface area contributed by atoms with Crippen LogP contribution in [0.3, 0.4) is 0 Å². The first kappa shape index (κ1) is 29.6. The molecule has 0 spiro atoms. The number of sulfonamides is 1. The molecule has 5 rings (SSSR count). The minimum Gasteiger partial charge on any atom is -0.351 e. The van der Waals surface area contributed by atoms with Crippen LogP contribution in [0, 0.1) is 0 Å². The number of rotatable bonds is 10. The first-order valence-corrected chi connectivity index (χ1v) is 15.6. The number of nitrogens with one attached hydrogen (secondary N) is 2. The Morgan fingerprint density at radius 1 is 1.05 bits per heavy atom. The number of anilines is 2. The average molecular weight is 594 g/mol. The Labute approximate surface area is 245 Å². The van der Waals surface area contributed by atoms with Crippen LogP contribution in [0.25, 0.3) is 22.2 Å². The topological polar surface area (TPSA) is 122 Å². The van der Waals surface area contributed by atoms with Gasteiger partial charge in [-0.05, 0) is 76.9 Å². The molecule has 222 valence electrons. The van der Waals surface area contributed by atoms with E-state index in [1.165, 1.54) is 24.4 Å². The Morgan fingerprint density at radius 3 is 2.43 bits per heavy atom. The molecule has 1 fully saturated rings. The van der Waals surface area contributed by atoms with Crippen molar-refractivity contribution in [2.45, 2.75) is 62.6 Å². The zero-order valence-corrected chi connectivity index (χ0v) is 24.8. The van der Waals surface area contributed by atoms with Crippen molar-refractivity contribution in [1.29, 1.82) is 0 Å². The lowest BCUT2D eigenvalue weighted by molar-refractivity contribution is 0.174. The Morgan fingerprint density at radius 2 is 1.79 bits per heavy atom. The van der Waals surface area contributed by atoms with Gasteiger partial charge in [0, 0.05) is 53.6 Å². The Hall–Kier alpha value is -3.90. The molecule has 3 aromatic heterocycles. The first-order chi connectivity index (χ1) is 20.2. The second kappa shape index (κ2) is 12.5. The summed E-state index contributed by atoms with van der Waals surface area (Å²) < 4.78 is 42.2. The van der Waals surface area contributed by atoms with E-state index in [0.717, 1.165) is 25.7 Å². The van der Waals surface area contributed by atoms with Crippen molar-refractivity contribution < 1.29 is 12.8 Å². The number of hydrogen-bond donors (Lipinski definition) is 2. The molecular weight excluding hydrogens is 557 g/mol. The fourth-order valence-corrected chi connectivity index (χ4v) is 6.47. The van der Waals surface area contributed by atoms with Crippen LogP contribution in [0.5, 0.6) is 0 Å². The quantitative estimate of drug-likeness (QED) is 0.267. The summed E-state index contributed by atoms with van der Waals surface area (Å²) in [6, 6.07) is 13.4. The molecule has 10 nitrogen and oxygen atoms in total. The van der Waals surface area contributed by atoms with Crippen LogP contribution in [-0.4, -0.2) is 65.2 Å². The zero-order valence-electron chi connectivity index (χ0n) is 24.0. The van der Waals surface area contributed by atoms with Crippen LogP contribution in [-0.2, 0) is 10.0 Å². The maximum absolute atomic E-state index is 13.7. The number of pyridine rings is 2. The van der Waals surface area contributed by atoms with E-state index in [2.05, 4.69) is 24.9 Å². The summed E-state index contributed by atoms with van der Waals surface area (Å²) in [4.78, 5) is 29.5. The molecule has 2 N–H and O–H groups in total. The van der Waals surface area contributed by atoms with Gasteiger partial charge in [0.2, 0.25) is 5.95 Å². The normalized spacial score (nSPS) is 17.6. The van der Waals surface area contributed by atoms with Gasteiger partial charge < -0.3 is 10.2 Å². The number of alkyl halides is 1. The lowest BCUT2D eigenvalue weighted by Gasteiger charge is -2.34. The molecule has 3 heterocycles. The largest absolute Gasteiger partial charge is 0.351 e. The molecule has 0 saturated heterocycles. The predicted octanol–water partition coefficient (Wildman–Crippen LogP) is 4.86. The number of benzene rings is 1. The van der Waals surface area contributed by atoms with Crippen molar-refractivity contribution in [3.8, 4) is 11.1 Å². The average Bonchev–Trinajstić information content (AvgIpc) is 2.98. The third-order valence-electron chi connectivity index (χ3n) is 7.75. The van der Waals surface area contributed by atoms with Gasteiger partial charge >= 0.3 is 0 Å². The van der Waals surface area contributed by atoms with E-state index in [-0.39, 0.29) is 35.0 Å². The van der Waals surface area contributed by atoms with Crippen molar-refractivity contribution in [2.75, 3.05) is 30.3 Å². The molecule has 0 amide bonds. The lowest BCUT2D eigenvalue weighted by atomic mass is 9.90. The van der Waals surface area contributed by atoms with E-state index in [4.69, 9.17) is 4.98 Å². The predicted molar refractivity (Wildman–Crippen MR) is 163 cm³/mol. The second-order valence-corrected chi connectivity index (χ2v) is 12.7. The molecule has 0 atom stereocenters. The molecule has 4 aromatic rings. The second-order valence-electron chi connectivity index (χ2n) is 11.0. The fraction of sp³-hybridized carbons (Fsp3) is 0.400. The van der Waals surface area contributed by atoms with Crippen molar-refractivity contribution in [2.24, 2.45) is 0 Å². The summed E-state index contributed by atoms with van der Waals surface area (Å²) in [5.41, 5.74) is 1.28. The lowest BCUT2D eigenvalue weighted by Crippen LogP contribution is -2.39. The molecule has 12 heteroatoms. The van der Waals surface area contributed by atoms with Crippen molar-refractivity contribution in [1.82, 2.24) is 24.4 Å². The Kier molecular flexibility index (Phi) is 8.83. The van der Waals surface area contributed by atoms with Gasteiger partial charge in [-0.2, -0.15) is 4.98 Å². The first-order valence-electron chi connectivity index (χ1n) is 14.2. The van der Waals surface area contributed by atoms with Crippen molar-refractivity contribution >= 4 is 32.8 Å². The minimum atomic E-state index is -3.79. The van der Waals surface area contributed by atoms with E-state index in [1.807, 2.05) is 20.9 Å². The molecule has 1 aliphatic rings. The Balaban J connectivity index is 1.37. The number of aromatic nitrogens is 4. The molecule has 1 saturated carbocycles.